The van der Waals surface area contributed by atoms with Crippen LogP contribution in [0.1, 0.15) is 0 Å². The Kier molecular flexibility index (Phi) is 2.29. The molecule has 2 heterocycles. The highest BCUT2D eigenvalue weighted by Gasteiger charge is 2.09. The lowest BCUT2D eigenvalue weighted by Gasteiger charge is -2.01. The first-order valence-corrected chi connectivity index (χ1v) is 5.72. The van der Waals surface area contributed by atoms with Gasteiger partial charge < -0.3 is 4.98 Å². The topological polar surface area (TPSA) is 63.6 Å². The number of hydrogen-bond acceptors (Lipinski definition) is 3. The number of imidazole rings is 1. The highest BCUT2D eigenvalue weighted by molar-refractivity contribution is 9.10. The number of fused-ring (bicyclic) bond motifs is 1. The van der Waals surface area contributed by atoms with Crippen LogP contribution in [0.3, 0.4) is 0 Å². The first-order valence-electron chi connectivity index (χ1n) is 4.92. The lowest BCUT2D eigenvalue weighted by Crippen LogP contribution is -2.15. The Morgan fingerprint density at radius 1 is 1.29 bits per heavy atom. The van der Waals surface area contributed by atoms with Crippen molar-refractivity contribution in [2.45, 2.75) is 0 Å². The number of hydrogen-bond donors (Lipinski definition) is 1. The van der Waals surface area contributed by atoms with E-state index in [9.17, 15) is 4.79 Å². The number of H-pyrrole nitrogens is 1. The Labute approximate surface area is 104 Å². The lowest BCUT2D eigenvalue weighted by molar-refractivity contribution is 0.949. The van der Waals surface area contributed by atoms with Crippen molar-refractivity contribution in [3.05, 3.63) is 51.7 Å². The quantitative estimate of drug-likeness (QED) is 0.744. The fourth-order valence-electron chi connectivity index (χ4n) is 1.72. The molecule has 0 saturated heterocycles. The molecule has 0 spiro atoms. The van der Waals surface area contributed by atoms with Gasteiger partial charge in [0.25, 0.3) is 0 Å². The Hall–Kier alpha value is -1.95. The summed E-state index contributed by atoms with van der Waals surface area (Å²) in [6.07, 6.45) is 3.02. The zero-order chi connectivity index (χ0) is 11.8. The summed E-state index contributed by atoms with van der Waals surface area (Å²) in [5.74, 6) is 0.550. The van der Waals surface area contributed by atoms with Gasteiger partial charge in [0.15, 0.2) is 0 Å². The highest BCUT2D eigenvalue weighted by atomic mass is 79.9. The van der Waals surface area contributed by atoms with Crippen molar-refractivity contribution in [2.75, 3.05) is 0 Å². The van der Waals surface area contributed by atoms with Crippen LogP contribution < -0.4 is 5.69 Å². The minimum absolute atomic E-state index is 0.211. The second-order valence-electron chi connectivity index (χ2n) is 3.49. The minimum atomic E-state index is -0.211. The van der Waals surface area contributed by atoms with Crippen LogP contribution in [0.25, 0.3) is 16.9 Å². The number of halogens is 1. The van der Waals surface area contributed by atoms with E-state index in [1.54, 1.807) is 12.3 Å². The Balaban J connectivity index is 2.40. The molecule has 6 heteroatoms. The molecule has 0 radical (unpaired) electrons. The summed E-state index contributed by atoms with van der Waals surface area (Å²) in [4.78, 5) is 22.6. The summed E-state index contributed by atoms with van der Waals surface area (Å²) in [5, 5.41) is 0. The van der Waals surface area contributed by atoms with Gasteiger partial charge in [-0.25, -0.2) is 19.3 Å². The van der Waals surface area contributed by atoms with Crippen LogP contribution in [0.2, 0.25) is 0 Å². The third kappa shape index (κ3) is 1.66. The van der Waals surface area contributed by atoms with Gasteiger partial charge in [0.2, 0.25) is 0 Å². The van der Waals surface area contributed by atoms with Crippen LogP contribution in [0.4, 0.5) is 0 Å². The normalized spacial score (nSPS) is 10.9. The molecular formula is C11H7BrN4O. The van der Waals surface area contributed by atoms with Crippen LogP contribution >= 0.6 is 15.9 Å². The maximum absolute atomic E-state index is 11.9. The standard InChI is InChI=1S/C11H7BrN4O/c12-7-1-2-8-9(5-7)16(11(17)15-8)10-3-4-13-6-14-10/h1-6H,(H,15,17). The van der Waals surface area contributed by atoms with Crippen LogP contribution in [0.15, 0.2) is 46.1 Å². The van der Waals surface area contributed by atoms with Crippen molar-refractivity contribution in [3.63, 3.8) is 0 Å². The van der Waals surface area contributed by atoms with Gasteiger partial charge in [0, 0.05) is 10.7 Å². The molecule has 17 heavy (non-hydrogen) atoms. The van der Waals surface area contributed by atoms with Gasteiger partial charge in [-0.2, -0.15) is 0 Å². The first kappa shape index (κ1) is 10.2. The van der Waals surface area contributed by atoms with E-state index in [0.717, 1.165) is 15.5 Å². The molecule has 3 rings (SSSR count). The summed E-state index contributed by atoms with van der Waals surface area (Å²) in [6, 6.07) is 7.28. The fraction of sp³-hybridized carbons (Fsp3) is 0. The summed E-state index contributed by atoms with van der Waals surface area (Å²) in [7, 11) is 0. The average molecular weight is 291 g/mol. The van der Waals surface area contributed by atoms with E-state index in [-0.39, 0.29) is 5.69 Å². The molecule has 84 valence electrons. The number of benzene rings is 1. The average Bonchev–Trinajstić information content (AvgIpc) is 2.65. The molecule has 3 aromatic rings. The van der Waals surface area contributed by atoms with Crippen molar-refractivity contribution in [3.8, 4) is 5.82 Å². The fourth-order valence-corrected chi connectivity index (χ4v) is 2.07. The lowest BCUT2D eigenvalue weighted by atomic mass is 10.3. The smallest absolute Gasteiger partial charge is 0.305 e. The van der Waals surface area contributed by atoms with Gasteiger partial charge in [-0.1, -0.05) is 15.9 Å². The van der Waals surface area contributed by atoms with E-state index in [1.807, 2.05) is 18.2 Å². The molecule has 0 atom stereocenters. The van der Waals surface area contributed by atoms with Gasteiger partial charge in [-0.3, -0.25) is 0 Å². The number of aromatic amines is 1. The minimum Gasteiger partial charge on any atom is -0.305 e. The summed E-state index contributed by atoms with van der Waals surface area (Å²) >= 11 is 3.39. The van der Waals surface area contributed by atoms with Gasteiger partial charge in [-0.05, 0) is 24.3 Å². The van der Waals surface area contributed by atoms with E-state index in [0.29, 0.717) is 5.82 Å². The van der Waals surface area contributed by atoms with Gasteiger partial charge >= 0.3 is 5.69 Å². The van der Waals surface area contributed by atoms with Crippen molar-refractivity contribution < 1.29 is 0 Å². The molecule has 0 saturated carbocycles. The molecule has 0 amide bonds. The van der Waals surface area contributed by atoms with Crippen LogP contribution in [0, 0.1) is 0 Å². The number of nitrogens with one attached hydrogen (secondary N) is 1. The molecule has 0 unspecified atom stereocenters. The van der Waals surface area contributed by atoms with E-state index in [4.69, 9.17) is 0 Å². The molecule has 0 aliphatic carbocycles. The molecule has 1 N–H and O–H groups in total. The second-order valence-corrected chi connectivity index (χ2v) is 4.41. The highest BCUT2D eigenvalue weighted by Crippen LogP contribution is 2.18. The Morgan fingerprint density at radius 3 is 2.94 bits per heavy atom. The summed E-state index contributed by atoms with van der Waals surface area (Å²) in [6.45, 7) is 0. The van der Waals surface area contributed by atoms with Gasteiger partial charge in [0.05, 0.1) is 11.0 Å². The van der Waals surface area contributed by atoms with E-state index in [2.05, 4.69) is 30.9 Å². The molecule has 2 aromatic heterocycles. The molecule has 1 aromatic carbocycles. The Morgan fingerprint density at radius 2 is 2.18 bits per heavy atom. The van der Waals surface area contributed by atoms with E-state index >= 15 is 0 Å². The molecule has 0 fully saturated rings. The molecular weight excluding hydrogens is 284 g/mol. The molecule has 0 aliphatic heterocycles. The number of nitrogens with zero attached hydrogens (tertiary/aromatic N) is 3. The predicted octanol–water partition coefficient (Wildman–Crippen LogP) is 1.87. The molecule has 5 nitrogen and oxygen atoms in total. The van der Waals surface area contributed by atoms with Gasteiger partial charge in [0.1, 0.15) is 12.1 Å². The van der Waals surface area contributed by atoms with Gasteiger partial charge in [-0.15, -0.1) is 0 Å². The number of aromatic nitrogens is 4. The van der Waals surface area contributed by atoms with Crippen LogP contribution in [0.5, 0.6) is 0 Å². The van der Waals surface area contributed by atoms with E-state index < -0.39 is 0 Å². The van der Waals surface area contributed by atoms with Crippen molar-refractivity contribution >= 4 is 27.0 Å². The molecule has 0 aliphatic rings. The maximum Gasteiger partial charge on any atom is 0.332 e. The van der Waals surface area contributed by atoms with Crippen molar-refractivity contribution in [1.82, 2.24) is 19.5 Å². The van der Waals surface area contributed by atoms with Crippen molar-refractivity contribution in [2.24, 2.45) is 0 Å². The third-order valence-corrected chi connectivity index (χ3v) is 2.93. The third-order valence-electron chi connectivity index (χ3n) is 2.44. The number of rotatable bonds is 1. The second kappa shape index (κ2) is 3.81. The zero-order valence-corrected chi connectivity index (χ0v) is 10.2. The SMILES string of the molecule is O=c1[nH]c2ccc(Br)cc2n1-c1ccncn1. The first-order chi connectivity index (χ1) is 8.25. The van der Waals surface area contributed by atoms with E-state index in [1.165, 1.54) is 10.9 Å². The Bertz CT molecular complexity index is 732. The maximum atomic E-state index is 11.9. The van der Waals surface area contributed by atoms with Crippen LogP contribution in [-0.2, 0) is 0 Å². The predicted molar refractivity (Wildman–Crippen MR) is 67.2 cm³/mol. The zero-order valence-electron chi connectivity index (χ0n) is 8.59. The largest absolute Gasteiger partial charge is 0.332 e. The van der Waals surface area contributed by atoms with Crippen molar-refractivity contribution in [1.29, 1.82) is 0 Å². The monoisotopic (exact) mass is 290 g/mol. The summed E-state index contributed by atoms with van der Waals surface area (Å²) < 4.78 is 2.42. The summed E-state index contributed by atoms with van der Waals surface area (Å²) in [5.41, 5.74) is 1.34. The molecule has 0 bridgehead atoms. The van der Waals surface area contributed by atoms with Crippen LogP contribution in [-0.4, -0.2) is 19.5 Å².